The number of hydrogen-bond acceptors (Lipinski definition) is 6. The zero-order valence-electron chi connectivity index (χ0n) is 12.2. The molecule has 0 spiro atoms. The highest BCUT2D eigenvalue weighted by atomic mass is 32.2. The number of carbonyl (C=O) groups excluding carboxylic acids is 1. The lowest BCUT2D eigenvalue weighted by atomic mass is 10.1. The highest BCUT2D eigenvalue weighted by molar-refractivity contribution is 7.89. The highest BCUT2D eigenvalue weighted by Crippen LogP contribution is 2.27. The monoisotopic (exact) mass is 316 g/mol. The van der Waals surface area contributed by atoms with Gasteiger partial charge in [-0.15, -0.1) is 0 Å². The van der Waals surface area contributed by atoms with E-state index in [-0.39, 0.29) is 29.0 Å². The van der Waals surface area contributed by atoms with Gasteiger partial charge in [-0.2, -0.15) is 4.31 Å². The molecule has 2 heterocycles. The molecule has 8 heteroatoms. The second-order valence-electron chi connectivity index (χ2n) is 5.01. The Labute approximate surface area is 124 Å². The maximum Gasteiger partial charge on any atom is 0.373 e. The molecule has 1 unspecified atom stereocenters. The first-order valence-corrected chi connectivity index (χ1v) is 8.31. The summed E-state index contributed by atoms with van der Waals surface area (Å²) < 4.78 is 36.6. The molecule has 2 rings (SSSR count). The summed E-state index contributed by atoms with van der Waals surface area (Å²) in [6.45, 7) is 2.48. The van der Waals surface area contributed by atoms with E-state index in [4.69, 9.17) is 10.2 Å². The average Bonchev–Trinajstić information content (AvgIpc) is 2.91. The molecular formula is C13H20N2O5S. The maximum absolute atomic E-state index is 12.7. The van der Waals surface area contributed by atoms with E-state index in [0.29, 0.717) is 13.0 Å². The van der Waals surface area contributed by atoms with E-state index >= 15 is 0 Å². The molecule has 0 bridgehead atoms. The molecule has 1 aromatic heterocycles. The molecule has 2 N–H and O–H groups in total. The van der Waals surface area contributed by atoms with Crippen LogP contribution < -0.4 is 5.73 Å². The number of methoxy groups -OCH3 is 1. The van der Waals surface area contributed by atoms with Gasteiger partial charge in [0.2, 0.25) is 15.8 Å². The van der Waals surface area contributed by atoms with Gasteiger partial charge < -0.3 is 14.9 Å². The van der Waals surface area contributed by atoms with E-state index in [1.54, 1.807) is 6.92 Å². The van der Waals surface area contributed by atoms with Gasteiger partial charge in [-0.25, -0.2) is 13.2 Å². The summed E-state index contributed by atoms with van der Waals surface area (Å²) in [6.07, 6.45) is 1.90. The number of sulfonamides is 1. The fourth-order valence-electron chi connectivity index (χ4n) is 2.41. The normalized spacial score (nSPS) is 20.4. The third-order valence-electron chi connectivity index (χ3n) is 3.52. The molecule has 0 aromatic carbocycles. The molecule has 0 aliphatic carbocycles. The van der Waals surface area contributed by atoms with Crippen molar-refractivity contribution in [2.45, 2.75) is 37.1 Å². The minimum atomic E-state index is -3.71. The topological polar surface area (TPSA) is 103 Å². The number of rotatable bonds is 4. The molecule has 1 saturated heterocycles. The summed E-state index contributed by atoms with van der Waals surface area (Å²) in [5.74, 6) is -0.537. The van der Waals surface area contributed by atoms with Crippen molar-refractivity contribution in [1.82, 2.24) is 4.31 Å². The van der Waals surface area contributed by atoms with E-state index in [2.05, 4.69) is 4.74 Å². The third-order valence-corrected chi connectivity index (χ3v) is 5.43. The molecule has 0 amide bonds. The van der Waals surface area contributed by atoms with Crippen LogP contribution in [0.2, 0.25) is 0 Å². The summed E-state index contributed by atoms with van der Waals surface area (Å²) in [4.78, 5) is 11.5. The summed E-state index contributed by atoms with van der Waals surface area (Å²) in [5.41, 5.74) is 5.84. The summed E-state index contributed by atoms with van der Waals surface area (Å²) in [7, 11) is -2.49. The van der Waals surface area contributed by atoms with Crippen molar-refractivity contribution in [2.24, 2.45) is 5.73 Å². The minimum absolute atomic E-state index is 0.0273. The number of nitrogens with two attached hydrogens (primary N) is 1. The first-order valence-electron chi connectivity index (χ1n) is 6.87. The first-order chi connectivity index (χ1) is 9.90. The van der Waals surface area contributed by atoms with Crippen LogP contribution in [0.25, 0.3) is 0 Å². The van der Waals surface area contributed by atoms with Crippen molar-refractivity contribution in [3.8, 4) is 0 Å². The fraction of sp³-hybridized carbons (Fsp3) is 0.615. The van der Waals surface area contributed by atoms with E-state index in [0.717, 1.165) is 12.8 Å². The van der Waals surface area contributed by atoms with E-state index in [9.17, 15) is 13.2 Å². The van der Waals surface area contributed by atoms with Crippen molar-refractivity contribution in [3.63, 3.8) is 0 Å². The van der Waals surface area contributed by atoms with Crippen molar-refractivity contribution in [1.29, 1.82) is 0 Å². The second kappa shape index (κ2) is 6.17. The van der Waals surface area contributed by atoms with Crippen molar-refractivity contribution < 1.29 is 22.4 Å². The predicted molar refractivity (Wildman–Crippen MR) is 75.4 cm³/mol. The molecule has 118 valence electrons. The van der Waals surface area contributed by atoms with Crippen LogP contribution in [-0.4, -0.2) is 44.9 Å². The van der Waals surface area contributed by atoms with Gasteiger partial charge in [0.25, 0.3) is 0 Å². The van der Waals surface area contributed by atoms with Crippen molar-refractivity contribution in [2.75, 3.05) is 20.2 Å². The molecule has 1 fully saturated rings. The van der Waals surface area contributed by atoms with Gasteiger partial charge >= 0.3 is 5.97 Å². The molecule has 0 saturated carbocycles. The van der Waals surface area contributed by atoms with Gasteiger partial charge in [0, 0.05) is 31.6 Å². The first kappa shape index (κ1) is 16.0. The van der Waals surface area contributed by atoms with Crippen LogP contribution in [0.4, 0.5) is 0 Å². The van der Waals surface area contributed by atoms with Gasteiger partial charge in [0.05, 0.1) is 7.11 Å². The number of furan rings is 1. The SMILES string of the molecule is CCc1oc(C(=O)OC)cc1S(=O)(=O)N1CCCC(N)C1. The minimum Gasteiger partial charge on any atom is -0.463 e. The lowest BCUT2D eigenvalue weighted by molar-refractivity contribution is 0.0563. The zero-order valence-corrected chi connectivity index (χ0v) is 13.0. The van der Waals surface area contributed by atoms with Gasteiger partial charge in [-0.1, -0.05) is 6.92 Å². The average molecular weight is 316 g/mol. The predicted octanol–water partition coefficient (Wildman–Crippen LogP) is 0.740. The Balaban J connectivity index is 2.39. The lowest BCUT2D eigenvalue weighted by Crippen LogP contribution is -2.45. The summed E-state index contributed by atoms with van der Waals surface area (Å²) in [6, 6.07) is 1.07. The van der Waals surface area contributed by atoms with Crippen LogP contribution in [0.15, 0.2) is 15.4 Å². The maximum atomic E-state index is 12.7. The number of hydrogen-bond donors (Lipinski definition) is 1. The van der Waals surface area contributed by atoms with Crippen LogP contribution in [0.3, 0.4) is 0 Å². The Morgan fingerprint density at radius 2 is 2.29 bits per heavy atom. The smallest absolute Gasteiger partial charge is 0.373 e. The molecular weight excluding hydrogens is 296 g/mol. The highest BCUT2D eigenvalue weighted by Gasteiger charge is 2.33. The Bertz CT molecular complexity index is 623. The fourth-order valence-corrected chi connectivity index (χ4v) is 4.17. The van der Waals surface area contributed by atoms with Crippen LogP contribution in [0.5, 0.6) is 0 Å². The Morgan fingerprint density at radius 1 is 1.57 bits per heavy atom. The molecule has 21 heavy (non-hydrogen) atoms. The molecule has 0 radical (unpaired) electrons. The molecule has 1 aromatic rings. The van der Waals surface area contributed by atoms with Crippen molar-refractivity contribution >= 4 is 16.0 Å². The second-order valence-corrected chi connectivity index (χ2v) is 6.91. The quantitative estimate of drug-likeness (QED) is 0.822. The van der Waals surface area contributed by atoms with Gasteiger partial charge in [0.1, 0.15) is 10.7 Å². The standard InChI is InChI=1S/C13H20N2O5S/c1-3-10-12(7-11(20-10)13(16)19-2)21(17,18)15-6-4-5-9(14)8-15/h7,9H,3-6,8,14H2,1-2H3. The van der Waals surface area contributed by atoms with Crippen LogP contribution in [0.1, 0.15) is 36.1 Å². The van der Waals surface area contributed by atoms with Crippen LogP contribution in [-0.2, 0) is 21.2 Å². The lowest BCUT2D eigenvalue weighted by Gasteiger charge is -2.29. The van der Waals surface area contributed by atoms with E-state index in [1.807, 2.05) is 0 Å². The van der Waals surface area contributed by atoms with Crippen LogP contribution >= 0.6 is 0 Å². The molecule has 1 aliphatic rings. The van der Waals surface area contributed by atoms with E-state index < -0.39 is 16.0 Å². The van der Waals surface area contributed by atoms with Crippen LogP contribution in [0, 0.1) is 0 Å². The number of aryl methyl sites for hydroxylation is 1. The largest absolute Gasteiger partial charge is 0.463 e. The molecule has 1 atom stereocenters. The summed E-state index contributed by atoms with van der Waals surface area (Å²) >= 11 is 0. The zero-order chi connectivity index (χ0) is 15.6. The number of ether oxygens (including phenoxy) is 1. The van der Waals surface area contributed by atoms with Gasteiger partial charge in [0.15, 0.2) is 0 Å². The number of esters is 1. The number of nitrogens with zero attached hydrogens (tertiary/aromatic N) is 1. The Kier molecular flexibility index (Phi) is 4.70. The third kappa shape index (κ3) is 3.12. The molecule has 1 aliphatic heterocycles. The summed E-state index contributed by atoms with van der Waals surface area (Å²) in [5, 5.41) is 0. The van der Waals surface area contributed by atoms with Crippen molar-refractivity contribution in [3.05, 3.63) is 17.6 Å². The Hall–Kier alpha value is -1.38. The Morgan fingerprint density at radius 3 is 2.86 bits per heavy atom. The van der Waals surface area contributed by atoms with Gasteiger partial charge in [-0.3, -0.25) is 0 Å². The van der Waals surface area contributed by atoms with E-state index in [1.165, 1.54) is 17.5 Å². The molecule has 7 nitrogen and oxygen atoms in total. The number of piperidine rings is 1. The number of carbonyl (C=O) groups is 1. The van der Waals surface area contributed by atoms with Gasteiger partial charge in [-0.05, 0) is 12.8 Å².